The van der Waals surface area contributed by atoms with Gasteiger partial charge < -0.3 is 4.90 Å². The van der Waals surface area contributed by atoms with Gasteiger partial charge in [0.15, 0.2) is 5.13 Å². The maximum atomic E-state index is 13.1. The van der Waals surface area contributed by atoms with Crippen molar-refractivity contribution in [2.24, 2.45) is 0 Å². The van der Waals surface area contributed by atoms with Crippen LogP contribution in [0.25, 0.3) is 10.2 Å². The Morgan fingerprint density at radius 3 is 2.47 bits per heavy atom. The number of carbonyl (C=O) groups is 2. The van der Waals surface area contributed by atoms with E-state index in [0.29, 0.717) is 18.2 Å². The summed E-state index contributed by atoms with van der Waals surface area (Å²) in [6.07, 6.45) is 0. The summed E-state index contributed by atoms with van der Waals surface area (Å²) in [5, 5.41) is 3.25. The number of anilines is 1. The van der Waals surface area contributed by atoms with Gasteiger partial charge in [-0.15, -0.1) is 0 Å². The Bertz CT molecular complexity index is 1310. The molecule has 2 aromatic carbocycles. The predicted molar refractivity (Wildman–Crippen MR) is 125 cm³/mol. The molecule has 0 saturated carbocycles. The molecule has 1 aromatic heterocycles. The third-order valence-corrected chi connectivity index (χ3v) is 8.48. The summed E-state index contributed by atoms with van der Waals surface area (Å²) >= 11 is 1.39. The molecule has 0 atom stereocenters. The van der Waals surface area contributed by atoms with Crippen molar-refractivity contribution in [3.8, 4) is 0 Å². The third kappa shape index (κ3) is 4.38. The molecule has 0 unspecified atom stereocenters. The van der Waals surface area contributed by atoms with Crippen molar-refractivity contribution >= 4 is 48.5 Å². The highest BCUT2D eigenvalue weighted by Crippen LogP contribution is 2.30. The van der Waals surface area contributed by atoms with E-state index in [9.17, 15) is 18.0 Å². The average molecular weight is 473 g/mol. The Morgan fingerprint density at radius 2 is 1.78 bits per heavy atom. The van der Waals surface area contributed by atoms with Crippen LogP contribution < -0.4 is 5.32 Å². The van der Waals surface area contributed by atoms with Crippen LogP contribution in [0.3, 0.4) is 0 Å². The molecular formula is C22H24N4O4S2. The number of hydrogen-bond donors (Lipinski definition) is 1. The lowest BCUT2D eigenvalue weighted by molar-refractivity contribution is -0.129. The molecule has 0 bridgehead atoms. The van der Waals surface area contributed by atoms with Crippen molar-refractivity contribution in [3.63, 3.8) is 0 Å². The number of amides is 2. The predicted octanol–water partition coefficient (Wildman–Crippen LogP) is 3.02. The molecule has 1 saturated heterocycles. The van der Waals surface area contributed by atoms with Crippen LogP contribution in [-0.2, 0) is 14.8 Å². The second-order valence-electron chi connectivity index (χ2n) is 7.84. The third-order valence-electron chi connectivity index (χ3n) is 5.46. The van der Waals surface area contributed by atoms with Crippen LogP contribution in [0.2, 0.25) is 0 Å². The van der Waals surface area contributed by atoms with Crippen molar-refractivity contribution in [2.75, 3.05) is 31.5 Å². The molecule has 0 radical (unpaired) electrons. The number of aryl methyl sites for hydroxylation is 2. The Hall–Kier alpha value is -2.82. The van der Waals surface area contributed by atoms with E-state index in [2.05, 4.69) is 16.4 Å². The van der Waals surface area contributed by atoms with Gasteiger partial charge in [-0.25, -0.2) is 13.4 Å². The van der Waals surface area contributed by atoms with E-state index < -0.39 is 15.9 Å². The molecular weight excluding hydrogens is 448 g/mol. The Labute approximate surface area is 190 Å². The minimum absolute atomic E-state index is 0.0530. The number of nitrogens with one attached hydrogen (secondary N) is 1. The van der Waals surface area contributed by atoms with E-state index in [1.165, 1.54) is 34.7 Å². The Morgan fingerprint density at radius 1 is 1.06 bits per heavy atom. The van der Waals surface area contributed by atoms with Gasteiger partial charge >= 0.3 is 0 Å². The van der Waals surface area contributed by atoms with Gasteiger partial charge in [0.25, 0.3) is 5.91 Å². The number of rotatable bonds is 4. The highest BCUT2D eigenvalue weighted by Gasteiger charge is 2.29. The first kappa shape index (κ1) is 22.4. The highest BCUT2D eigenvalue weighted by molar-refractivity contribution is 7.89. The Balaban J connectivity index is 1.53. The number of sulfonamides is 1. The largest absolute Gasteiger partial charge is 0.340 e. The minimum atomic E-state index is -3.77. The van der Waals surface area contributed by atoms with Gasteiger partial charge in [0.2, 0.25) is 15.9 Å². The number of carbonyl (C=O) groups excluding carboxylic acids is 2. The second kappa shape index (κ2) is 8.61. The lowest BCUT2D eigenvalue weighted by Gasteiger charge is -2.33. The number of nitrogens with zero attached hydrogens (tertiary/aromatic N) is 3. The van der Waals surface area contributed by atoms with Crippen molar-refractivity contribution in [1.29, 1.82) is 0 Å². The molecule has 0 spiro atoms. The fraction of sp³-hybridized carbons (Fsp3) is 0.318. The summed E-state index contributed by atoms with van der Waals surface area (Å²) in [4.78, 5) is 30.5. The van der Waals surface area contributed by atoms with Crippen molar-refractivity contribution in [2.45, 2.75) is 25.7 Å². The number of fused-ring (bicyclic) bond motifs is 1. The lowest BCUT2D eigenvalue weighted by atomic mass is 10.1. The first-order valence-electron chi connectivity index (χ1n) is 10.2. The molecule has 168 valence electrons. The minimum Gasteiger partial charge on any atom is -0.340 e. The number of thiazole rings is 1. The zero-order valence-electron chi connectivity index (χ0n) is 18.1. The number of aromatic nitrogens is 1. The molecule has 1 aliphatic heterocycles. The second-order valence-corrected chi connectivity index (χ2v) is 10.8. The number of benzene rings is 2. The van der Waals surface area contributed by atoms with E-state index in [1.54, 1.807) is 17.0 Å². The quantitative estimate of drug-likeness (QED) is 0.629. The van der Waals surface area contributed by atoms with Gasteiger partial charge in [-0.1, -0.05) is 23.5 Å². The maximum Gasteiger partial charge on any atom is 0.257 e. The molecule has 1 fully saturated rings. The molecule has 1 aliphatic rings. The van der Waals surface area contributed by atoms with Crippen LogP contribution in [0.1, 0.15) is 28.4 Å². The van der Waals surface area contributed by atoms with Crippen LogP contribution in [0.15, 0.2) is 41.3 Å². The normalized spacial score (nSPS) is 15.2. The smallest absolute Gasteiger partial charge is 0.257 e. The lowest BCUT2D eigenvalue weighted by Crippen LogP contribution is -2.49. The summed E-state index contributed by atoms with van der Waals surface area (Å²) in [6, 6.07) is 10.0. The number of piperazine rings is 1. The summed E-state index contributed by atoms with van der Waals surface area (Å²) in [5.41, 5.74) is 3.25. The van der Waals surface area contributed by atoms with Gasteiger partial charge in [0.05, 0.1) is 15.1 Å². The first-order chi connectivity index (χ1) is 15.1. The molecule has 32 heavy (non-hydrogen) atoms. The van der Waals surface area contributed by atoms with E-state index in [0.717, 1.165) is 21.3 Å². The zero-order chi connectivity index (χ0) is 23.0. The fourth-order valence-corrected chi connectivity index (χ4v) is 6.17. The van der Waals surface area contributed by atoms with Crippen LogP contribution >= 0.6 is 11.3 Å². The molecule has 0 aliphatic carbocycles. The van der Waals surface area contributed by atoms with E-state index in [1.807, 2.05) is 19.9 Å². The molecule has 8 nitrogen and oxygen atoms in total. The van der Waals surface area contributed by atoms with Crippen LogP contribution in [0, 0.1) is 13.8 Å². The topological polar surface area (TPSA) is 99.7 Å². The van der Waals surface area contributed by atoms with E-state index in [-0.39, 0.29) is 29.5 Å². The maximum absolute atomic E-state index is 13.1. The fourth-order valence-electron chi connectivity index (χ4n) is 3.79. The molecule has 2 heterocycles. The molecule has 1 N–H and O–H groups in total. The van der Waals surface area contributed by atoms with E-state index in [4.69, 9.17) is 0 Å². The molecule has 2 amide bonds. The zero-order valence-corrected chi connectivity index (χ0v) is 19.7. The van der Waals surface area contributed by atoms with Crippen LogP contribution in [0.5, 0.6) is 0 Å². The van der Waals surface area contributed by atoms with Gasteiger partial charge in [0, 0.05) is 38.7 Å². The van der Waals surface area contributed by atoms with Gasteiger partial charge in [-0.3, -0.25) is 14.9 Å². The summed E-state index contributed by atoms with van der Waals surface area (Å²) in [6.45, 7) is 6.63. The van der Waals surface area contributed by atoms with Crippen LogP contribution in [-0.4, -0.2) is 60.6 Å². The molecule has 10 heteroatoms. The van der Waals surface area contributed by atoms with Gasteiger partial charge in [0.1, 0.15) is 0 Å². The van der Waals surface area contributed by atoms with E-state index >= 15 is 0 Å². The SMILES string of the molecule is CC(=O)N1CCN(S(=O)(=O)c2cccc(C(=O)Nc3nc4cc(C)cc(C)c4s3)c2)CC1. The summed E-state index contributed by atoms with van der Waals surface area (Å²) in [5.74, 6) is -0.488. The monoisotopic (exact) mass is 472 g/mol. The van der Waals surface area contributed by atoms with Gasteiger partial charge in [-0.2, -0.15) is 4.31 Å². The Kier molecular flexibility index (Phi) is 6.02. The average Bonchev–Trinajstić information content (AvgIpc) is 3.16. The van der Waals surface area contributed by atoms with Crippen molar-refractivity contribution < 1.29 is 18.0 Å². The van der Waals surface area contributed by atoms with Crippen LogP contribution in [0.4, 0.5) is 5.13 Å². The molecule has 4 rings (SSSR count). The summed E-state index contributed by atoms with van der Waals surface area (Å²) in [7, 11) is -3.77. The summed E-state index contributed by atoms with van der Waals surface area (Å²) < 4.78 is 28.5. The highest BCUT2D eigenvalue weighted by atomic mass is 32.2. The van der Waals surface area contributed by atoms with Gasteiger partial charge in [-0.05, 0) is 49.2 Å². The standard InChI is InChI=1S/C22H24N4O4S2/c1-14-11-15(2)20-19(12-14)23-22(31-20)24-21(28)17-5-4-6-18(13-17)32(29,30)26-9-7-25(8-10-26)16(3)27/h4-6,11-13H,7-10H2,1-3H3,(H,23,24,28). The van der Waals surface area contributed by atoms with Crippen molar-refractivity contribution in [3.05, 3.63) is 53.1 Å². The first-order valence-corrected chi connectivity index (χ1v) is 12.5. The van der Waals surface area contributed by atoms with Crippen molar-refractivity contribution in [1.82, 2.24) is 14.2 Å². The molecule has 3 aromatic rings. The number of hydrogen-bond acceptors (Lipinski definition) is 6.